The van der Waals surface area contributed by atoms with Crippen LogP contribution >= 0.6 is 0 Å². The van der Waals surface area contributed by atoms with Gasteiger partial charge in [-0.2, -0.15) is 0 Å². The first-order valence-corrected chi connectivity index (χ1v) is 5.35. The molecule has 2 rings (SSSR count). The van der Waals surface area contributed by atoms with E-state index in [-0.39, 0.29) is 12.3 Å². The molecule has 1 aromatic carbocycles. The minimum atomic E-state index is -2.41. The Kier molecular flexibility index (Phi) is 3.26. The molecule has 0 bridgehead atoms. The smallest absolute Gasteiger partial charge is 0.242 e. The van der Waals surface area contributed by atoms with E-state index in [4.69, 9.17) is 4.74 Å². The highest BCUT2D eigenvalue weighted by Crippen LogP contribution is 2.43. The molecule has 1 amide bonds. The van der Waals surface area contributed by atoms with Crippen molar-refractivity contribution in [3.05, 3.63) is 24.3 Å². The summed E-state index contributed by atoms with van der Waals surface area (Å²) < 4.78 is 29.6. The van der Waals surface area contributed by atoms with E-state index in [2.05, 4.69) is 5.32 Å². The Bertz CT molecular complexity index is 423. The first kappa shape index (κ1) is 11.8. The average molecular weight is 241 g/mol. The van der Waals surface area contributed by atoms with Crippen molar-refractivity contribution >= 4 is 11.6 Å². The lowest BCUT2D eigenvalue weighted by atomic mass is 10.2. The first-order valence-electron chi connectivity index (χ1n) is 5.35. The van der Waals surface area contributed by atoms with Gasteiger partial charge in [0, 0.05) is 23.6 Å². The number of hydrogen-bond donors (Lipinski definition) is 1. The number of rotatable bonds is 4. The van der Waals surface area contributed by atoms with Gasteiger partial charge in [0.25, 0.3) is 0 Å². The van der Waals surface area contributed by atoms with Crippen molar-refractivity contribution in [2.45, 2.75) is 12.8 Å². The normalized spacial score (nSPS) is 22.4. The van der Waals surface area contributed by atoms with E-state index in [9.17, 15) is 13.6 Å². The third-order valence-electron chi connectivity index (χ3n) is 2.84. The molecule has 92 valence electrons. The molecule has 1 saturated carbocycles. The fraction of sp³-hybridized carbons (Fsp3) is 0.417. The summed E-state index contributed by atoms with van der Waals surface area (Å²) in [7, 11) is 1.52. The molecule has 1 fully saturated rings. The number of amides is 1. The third-order valence-corrected chi connectivity index (χ3v) is 2.84. The SMILES string of the molecule is COc1cccc(NC(=O)[C@H]2C[C@@H]2C(F)F)c1. The van der Waals surface area contributed by atoms with Crippen molar-refractivity contribution in [3.63, 3.8) is 0 Å². The molecule has 5 heteroatoms. The van der Waals surface area contributed by atoms with Gasteiger partial charge in [0.05, 0.1) is 7.11 Å². The number of carbonyl (C=O) groups is 1. The fourth-order valence-corrected chi connectivity index (χ4v) is 1.73. The molecule has 0 unspecified atom stereocenters. The summed E-state index contributed by atoms with van der Waals surface area (Å²) in [4.78, 5) is 11.6. The van der Waals surface area contributed by atoms with Gasteiger partial charge in [-0.05, 0) is 18.6 Å². The van der Waals surface area contributed by atoms with Crippen molar-refractivity contribution < 1.29 is 18.3 Å². The predicted octanol–water partition coefficient (Wildman–Crippen LogP) is 2.53. The van der Waals surface area contributed by atoms with Crippen LogP contribution in [0.15, 0.2) is 24.3 Å². The van der Waals surface area contributed by atoms with E-state index in [0.29, 0.717) is 11.4 Å². The minimum Gasteiger partial charge on any atom is -0.497 e. The largest absolute Gasteiger partial charge is 0.497 e. The van der Waals surface area contributed by atoms with Gasteiger partial charge in [0.15, 0.2) is 0 Å². The molecule has 3 nitrogen and oxygen atoms in total. The van der Waals surface area contributed by atoms with Crippen molar-refractivity contribution in [1.82, 2.24) is 0 Å². The number of anilines is 1. The number of carbonyl (C=O) groups excluding carboxylic acids is 1. The topological polar surface area (TPSA) is 38.3 Å². The van der Waals surface area contributed by atoms with Crippen molar-refractivity contribution in [3.8, 4) is 5.75 Å². The summed E-state index contributed by atoms with van der Waals surface area (Å²) in [6.45, 7) is 0. The maximum absolute atomic E-state index is 12.3. The van der Waals surface area contributed by atoms with Crippen LogP contribution < -0.4 is 10.1 Å². The lowest BCUT2D eigenvalue weighted by Gasteiger charge is -2.06. The van der Waals surface area contributed by atoms with Crippen molar-refractivity contribution in [2.75, 3.05) is 12.4 Å². The molecule has 0 spiro atoms. The zero-order valence-electron chi connectivity index (χ0n) is 9.32. The van der Waals surface area contributed by atoms with E-state index in [1.165, 1.54) is 7.11 Å². The minimum absolute atomic E-state index is 0.271. The van der Waals surface area contributed by atoms with Crippen LogP contribution in [0.5, 0.6) is 5.75 Å². The Balaban J connectivity index is 1.95. The molecule has 1 aliphatic carbocycles. The predicted molar refractivity (Wildman–Crippen MR) is 59.2 cm³/mol. The maximum Gasteiger partial charge on any atom is 0.242 e. The van der Waals surface area contributed by atoms with E-state index in [1.807, 2.05) is 0 Å². The number of alkyl halides is 2. The Morgan fingerprint density at radius 1 is 1.53 bits per heavy atom. The van der Waals surface area contributed by atoms with Crippen molar-refractivity contribution in [1.29, 1.82) is 0 Å². The summed E-state index contributed by atoms with van der Waals surface area (Å²) >= 11 is 0. The van der Waals surface area contributed by atoms with Crippen LogP contribution in [0.3, 0.4) is 0 Å². The van der Waals surface area contributed by atoms with Gasteiger partial charge in [-0.1, -0.05) is 6.07 Å². The quantitative estimate of drug-likeness (QED) is 0.879. The van der Waals surface area contributed by atoms with Gasteiger partial charge in [0.1, 0.15) is 5.75 Å². The molecule has 0 heterocycles. The highest BCUT2D eigenvalue weighted by atomic mass is 19.3. The lowest BCUT2D eigenvalue weighted by molar-refractivity contribution is -0.118. The Labute approximate surface area is 97.8 Å². The molecular formula is C12H13F2NO2. The van der Waals surface area contributed by atoms with Gasteiger partial charge in [-0.15, -0.1) is 0 Å². The van der Waals surface area contributed by atoms with E-state index in [1.54, 1.807) is 24.3 Å². The van der Waals surface area contributed by atoms with Gasteiger partial charge in [-0.3, -0.25) is 4.79 Å². The number of halogens is 2. The zero-order chi connectivity index (χ0) is 12.4. The van der Waals surface area contributed by atoms with Crippen LogP contribution in [0, 0.1) is 11.8 Å². The second-order valence-electron chi connectivity index (χ2n) is 4.06. The van der Waals surface area contributed by atoms with Gasteiger partial charge >= 0.3 is 0 Å². The third kappa shape index (κ3) is 2.72. The molecule has 2 atom stereocenters. The average Bonchev–Trinajstić information content (AvgIpc) is 3.09. The van der Waals surface area contributed by atoms with Crippen LogP contribution in [0.1, 0.15) is 6.42 Å². The Morgan fingerprint density at radius 2 is 2.29 bits per heavy atom. The summed E-state index contributed by atoms with van der Waals surface area (Å²) in [5, 5.41) is 2.61. The molecule has 0 radical (unpaired) electrons. The molecule has 1 N–H and O–H groups in total. The molecule has 17 heavy (non-hydrogen) atoms. The van der Waals surface area contributed by atoms with Crippen LogP contribution in [0.2, 0.25) is 0 Å². The molecule has 0 aromatic heterocycles. The molecule has 0 aliphatic heterocycles. The van der Waals surface area contributed by atoms with Gasteiger partial charge < -0.3 is 10.1 Å². The second kappa shape index (κ2) is 4.69. The number of benzene rings is 1. The lowest BCUT2D eigenvalue weighted by Crippen LogP contribution is -2.16. The Morgan fingerprint density at radius 3 is 2.88 bits per heavy atom. The number of ether oxygens (including phenoxy) is 1. The van der Waals surface area contributed by atoms with Crippen molar-refractivity contribution in [2.24, 2.45) is 11.8 Å². The summed E-state index contributed by atoms with van der Waals surface area (Å²) in [6.07, 6.45) is -2.14. The molecule has 1 aromatic rings. The number of nitrogens with one attached hydrogen (secondary N) is 1. The molecule has 0 saturated heterocycles. The van der Waals surface area contributed by atoms with Gasteiger partial charge in [0.2, 0.25) is 12.3 Å². The maximum atomic E-state index is 12.3. The van der Waals surface area contributed by atoms with E-state index >= 15 is 0 Å². The molecular weight excluding hydrogens is 228 g/mol. The monoisotopic (exact) mass is 241 g/mol. The van der Waals surface area contributed by atoms with Crippen LogP contribution in [0.25, 0.3) is 0 Å². The highest BCUT2D eigenvalue weighted by Gasteiger charge is 2.48. The number of methoxy groups -OCH3 is 1. The van der Waals surface area contributed by atoms with Crippen LogP contribution in [0.4, 0.5) is 14.5 Å². The molecule has 1 aliphatic rings. The number of hydrogen-bond acceptors (Lipinski definition) is 2. The van der Waals surface area contributed by atoms with Crippen LogP contribution in [-0.4, -0.2) is 19.4 Å². The second-order valence-corrected chi connectivity index (χ2v) is 4.06. The summed E-state index contributed by atoms with van der Waals surface area (Å²) in [5.41, 5.74) is 0.564. The fourth-order valence-electron chi connectivity index (χ4n) is 1.73. The first-order chi connectivity index (χ1) is 8.11. The van der Waals surface area contributed by atoms with E-state index in [0.717, 1.165) is 0 Å². The highest BCUT2D eigenvalue weighted by molar-refractivity contribution is 5.94. The van der Waals surface area contributed by atoms with Gasteiger partial charge in [-0.25, -0.2) is 8.78 Å². The van der Waals surface area contributed by atoms with E-state index < -0.39 is 18.3 Å². The van der Waals surface area contributed by atoms with Crippen LogP contribution in [-0.2, 0) is 4.79 Å². The Hall–Kier alpha value is -1.65. The standard InChI is InChI=1S/C12H13F2NO2/c1-17-8-4-2-3-7(5-8)15-12(16)10-6-9(10)11(13)14/h2-5,9-11H,6H2,1H3,(H,15,16)/t9-,10-/m0/s1. The summed E-state index contributed by atoms with van der Waals surface area (Å²) in [5.74, 6) is -1.06. The zero-order valence-corrected chi connectivity index (χ0v) is 9.32. The summed E-state index contributed by atoms with van der Waals surface area (Å²) in [6, 6.07) is 6.82.